The molecule has 2 N–H and O–H groups in total. The van der Waals surface area contributed by atoms with Gasteiger partial charge in [-0.3, -0.25) is 4.90 Å². The Labute approximate surface area is 145 Å². The third-order valence-corrected chi connectivity index (χ3v) is 7.23. The van der Waals surface area contributed by atoms with Crippen molar-refractivity contribution in [2.24, 2.45) is 0 Å². The van der Waals surface area contributed by atoms with Gasteiger partial charge in [0, 0.05) is 25.2 Å². The zero-order chi connectivity index (χ0) is 17.0. The average molecular weight is 371 g/mol. The standard InChI is InChI=1S/C15H21N3O4S2/c19-11-12-3-1-2-9-18(12)10-8-17-24(20,21)15-5-4-14(23-15)13-6-7-16-22-13/h4-7,12,17,19H,1-3,8-11H2. The minimum atomic E-state index is -3.54. The van der Waals surface area contributed by atoms with E-state index in [1.54, 1.807) is 18.2 Å². The predicted molar refractivity (Wildman–Crippen MR) is 91.3 cm³/mol. The monoisotopic (exact) mass is 371 g/mol. The highest BCUT2D eigenvalue weighted by Gasteiger charge is 2.23. The smallest absolute Gasteiger partial charge is 0.250 e. The molecule has 1 saturated heterocycles. The highest BCUT2D eigenvalue weighted by atomic mass is 32.2. The van der Waals surface area contributed by atoms with E-state index < -0.39 is 10.0 Å². The zero-order valence-electron chi connectivity index (χ0n) is 13.2. The van der Waals surface area contributed by atoms with Crippen LogP contribution in [-0.4, -0.2) is 55.9 Å². The number of likely N-dealkylation sites (tertiary alicyclic amines) is 1. The van der Waals surface area contributed by atoms with Crippen molar-refractivity contribution in [3.05, 3.63) is 24.4 Å². The molecule has 7 nitrogen and oxygen atoms in total. The summed E-state index contributed by atoms with van der Waals surface area (Å²) < 4.78 is 32.7. The Balaban J connectivity index is 1.58. The molecule has 0 bridgehead atoms. The summed E-state index contributed by atoms with van der Waals surface area (Å²) in [5, 5.41) is 13.0. The molecular weight excluding hydrogens is 350 g/mol. The first-order valence-electron chi connectivity index (χ1n) is 7.95. The van der Waals surface area contributed by atoms with Crippen LogP contribution in [0.2, 0.25) is 0 Å². The van der Waals surface area contributed by atoms with Gasteiger partial charge in [0.25, 0.3) is 0 Å². The average Bonchev–Trinajstić information content (AvgIpc) is 3.26. The number of hydrogen-bond donors (Lipinski definition) is 2. The van der Waals surface area contributed by atoms with Gasteiger partial charge in [-0.1, -0.05) is 11.6 Å². The van der Waals surface area contributed by atoms with Gasteiger partial charge in [0.1, 0.15) is 4.21 Å². The lowest BCUT2D eigenvalue weighted by Crippen LogP contribution is -2.45. The van der Waals surface area contributed by atoms with Gasteiger partial charge in [0.15, 0.2) is 5.76 Å². The number of nitrogens with one attached hydrogen (secondary N) is 1. The quantitative estimate of drug-likeness (QED) is 0.766. The van der Waals surface area contributed by atoms with E-state index in [-0.39, 0.29) is 16.9 Å². The second kappa shape index (κ2) is 7.75. The molecule has 1 aliphatic heterocycles. The third kappa shape index (κ3) is 4.04. The molecule has 132 valence electrons. The van der Waals surface area contributed by atoms with Gasteiger partial charge >= 0.3 is 0 Å². The first-order chi connectivity index (χ1) is 11.6. The lowest BCUT2D eigenvalue weighted by molar-refractivity contribution is 0.0923. The molecule has 24 heavy (non-hydrogen) atoms. The predicted octanol–water partition coefficient (Wildman–Crippen LogP) is 1.53. The molecule has 0 spiro atoms. The largest absolute Gasteiger partial charge is 0.395 e. The lowest BCUT2D eigenvalue weighted by atomic mass is 10.0. The molecule has 9 heteroatoms. The third-order valence-electron chi connectivity index (χ3n) is 4.18. The van der Waals surface area contributed by atoms with E-state index >= 15 is 0 Å². The number of rotatable bonds is 7. The molecule has 0 aliphatic carbocycles. The molecule has 1 atom stereocenters. The number of aliphatic hydroxyl groups is 1. The Bertz CT molecular complexity index is 743. The number of sulfonamides is 1. The maximum absolute atomic E-state index is 12.4. The molecule has 1 fully saturated rings. The van der Waals surface area contributed by atoms with Crippen molar-refractivity contribution in [1.82, 2.24) is 14.8 Å². The Morgan fingerprint density at radius 3 is 3.00 bits per heavy atom. The normalized spacial score (nSPS) is 19.6. The van der Waals surface area contributed by atoms with E-state index in [2.05, 4.69) is 14.8 Å². The molecule has 0 amide bonds. The number of hydrogen-bond acceptors (Lipinski definition) is 7. The summed E-state index contributed by atoms with van der Waals surface area (Å²) >= 11 is 1.15. The first-order valence-corrected chi connectivity index (χ1v) is 10.3. The molecular formula is C15H21N3O4S2. The van der Waals surface area contributed by atoms with Crippen LogP contribution in [0.1, 0.15) is 19.3 Å². The fraction of sp³-hybridized carbons (Fsp3) is 0.533. The van der Waals surface area contributed by atoms with Crippen LogP contribution in [0, 0.1) is 0 Å². The summed E-state index contributed by atoms with van der Waals surface area (Å²) in [6.45, 7) is 1.96. The van der Waals surface area contributed by atoms with Crippen LogP contribution in [0.25, 0.3) is 10.6 Å². The molecule has 2 aromatic rings. The molecule has 0 radical (unpaired) electrons. The summed E-state index contributed by atoms with van der Waals surface area (Å²) in [6, 6.07) is 5.12. The molecule has 0 saturated carbocycles. The Hall–Kier alpha value is -1.26. The van der Waals surface area contributed by atoms with Gasteiger partial charge < -0.3 is 9.63 Å². The number of aliphatic hydroxyl groups excluding tert-OH is 1. The Kier molecular flexibility index (Phi) is 5.67. The SMILES string of the molecule is O=S(=O)(NCCN1CCCCC1CO)c1ccc(-c2ccno2)s1. The lowest BCUT2D eigenvalue weighted by Gasteiger charge is -2.34. The maximum Gasteiger partial charge on any atom is 0.250 e. The summed E-state index contributed by atoms with van der Waals surface area (Å²) in [7, 11) is -3.54. The van der Waals surface area contributed by atoms with Crippen molar-refractivity contribution in [2.75, 3.05) is 26.2 Å². The van der Waals surface area contributed by atoms with Crippen molar-refractivity contribution in [3.8, 4) is 10.6 Å². The van der Waals surface area contributed by atoms with Crippen molar-refractivity contribution in [3.63, 3.8) is 0 Å². The van der Waals surface area contributed by atoms with Gasteiger partial charge in [-0.05, 0) is 31.5 Å². The van der Waals surface area contributed by atoms with E-state index in [9.17, 15) is 13.5 Å². The van der Waals surface area contributed by atoms with Gasteiger partial charge in [-0.2, -0.15) is 0 Å². The second-order valence-electron chi connectivity index (χ2n) is 5.76. The second-order valence-corrected chi connectivity index (χ2v) is 8.84. The first kappa shape index (κ1) is 17.6. The Morgan fingerprint density at radius 1 is 1.38 bits per heavy atom. The summed E-state index contributed by atoms with van der Waals surface area (Å²) in [4.78, 5) is 2.88. The van der Waals surface area contributed by atoms with Gasteiger partial charge in [0.2, 0.25) is 10.0 Å². The van der Waals surface area contributed by atoms with Crippen molar-refractivity contribution in [1.29, 1.82) is 0 Å². The maximum atomic E-state index is 12.4. The van der Waals surface area contributed by atoms with Crippen molar-refractivity contribution >= 4 is 21.4 Å². The minimum Gasteiger partial charge on any atom is -0.395 e. The topological polar surface area (TPSA) is 95.7 Å². The van der Waals surface area contributed by atoms with Gasteiger partial charge in [0.05, 0.1) is 17.7 Å². The fourth-order valence-electron chi connectivity index (χ4n) is 2.90. The van der Waals surface area contributed by atoms with E-state index in [1.165, 1.54) is 6.20 Å². The Morgan fingerprint density at radius 2 is 2.25 bits per heavy atom. The molecule has 0 aromatic carbocycles. The summed E-state index contributed by atoms with van der Waals surface area (Å²) in [5.74, 6) is 0.556. The van der Waals surface area contributed by atoms with Crippen LogP contribution >= 0.6 is 11.3 Å². The van der Waals surface area contributed by atoms with Crippen molar-refractivity contribution < 1.29 is 18.0 Å². The molecule has 2 aromatic heterocycles. The number of nitrogens with zero attached hydrogens (tertiary/aromatic N) is 2. The van der Waals surface area contributed by atoms with Crippen LogP contribution in [-0.2, 0) is 10.0 Å². The fourth-order valence-corrected chi connectivity index (χ4v) is 5.22. The van der Waals surface area contributed by atoms with Crippen molar-refractivity contribution in [2.45, 2.75) is 29.5 Å². The van der Waals surface area contributed by atoms with E-state index in [4.69, 9.17) is 4.52 Å². The highest BCUT2D eigenvalue weighted by Crippen LogP contribution is 2.30. The van der Waals surface area contributed by atoms with E-state index in [0.29, 0.717) is 18.8 Å². The summed E-state index contributed by atoms with van der Waals surface area (Å²) in [5.41, 5.74) is 0. The van der Waals surface area contributed by atoms with Gasteiger partial charge in [-0.25, -0.2) is 13.1 Å². The van der Waals surface area contributed by atoms with E-state index in [0.717, 1.165) is 42.0 Å². The van der Waals surface area contributed by atoms with Gasteiger partial charge in [-0.15, -0.1) is 11.3 Å². The molecule has 1 aliphatic rings. The van der Waals surface area contributed by atoms with Crippen LogP contribution in [0.4, 0.5) is 0 Å². The van der Waals surface area contributed by atoms with E-state index in [1.807, 2.05) is 0 Å². The van der Waals surface area contributed by atoms with Crippen LogP contribution in [0.15, 0.2) is 33.1 Å². The minimum absolute atomic E-state index is 0.123. The number of aromatic nitrogens is 1. The summed E-state index contributed by atoms with van der Waals surface area (Å²) in [6.07, 6.45) is 4.70. The van der Waals surface area contributed by atoms with Crippen LogP contribution < -0.4 is 4.72 Å². The zero-order valence-corrected chi connectivity index (χ0v) is 14.9. The highest BCUT2D eigenvalue weighted by molar-refractivity contribution is 7.91. The molecule has 3 rings (SSSR count). The van der Waals surface area contributed by atoms with Crippen LogP contribution in [0.3, 0.4) is 0 Å². The number of thiophene rings is 1. The number of piperidine rings is 1. The molecule has 1 unspecified atom stereocenters. The van der Waals surface area contributed by atoms with Crippen LogP contribution in [0.5, 0.6) is 0 Å². The molecule has 3 heterocycles.